The average molecular weight is 413 g/mol. The fraction of sp³-hybridized carbons (Fsp3) is 0.632. The van der Waals surface area contributed by atoms with Crippen molar-refractivity contribution in [2.75, 3.05) is 46.3 Å². The van der Waals surface area contributed by atoms with Gasteiger partial charge >= 0.3 is 6.18 Å². The SMILES string of the molecule is CNc1c(C(F)(F)F)cnc2[nH]cc(C3CN(C4CCOCC4)N(C)C3OC)c12. The van der Waals surface area contributed by atoms with Crippen molar-refractivity contribution in [3.05, 3.63) is 23.5 Å². The van der Waals surface area contributed by atoms with E-state index >= 15 is 0 Å². The smallest absolute Gasteiger partial charge is 0.387 e. The van der Waals surface area contributed by atoms with E-state index in [-0.39, 0.29) is 17.8 Å². The number of alkyl halides is 3. The van der Waals surface area contributed by atoms with Crippen LogP contribution in [0.5, 0.6) is 0 Å². The number of hydrogen-bond acceptors (Lipinski definition) is 6. The van der Waals surface area contributed by atoms with Gasteiger partial charge in [-0.15, -0.1) is 0 Å². The minimum Gasteiger partial charge on any atom is -0.387 e. The Morgan fingerprint density at radius 1 is 1.31 bits per heavy atom. The van der Waals surface area contributed by atoms with Crippen LogP contribution in [-0.4, -0.2) is 73.2 Å². The Kier molecular flexibility index (Phi) is 5.45. The summed E-state index contributed by atoms with van der Waals surface area (Å²) >= 11 is 0. The number of aromatic nitrogens is 2. The van der Waals surface area contributed by atoms with Crippen LogP contribution < -0.4 is 5.32 Å². The van der Waals surface area contributed by atoms with Crippen molar-refractivity contribution < 1.29 is 22.6 Å². The second-order valence-electron chi connectivity index (χ2n) is 7.53. The molecule has 2 fully saturated rings. The van der Waals surface area contributed by atoms with Crippen LogP contribution in [0.2, 0.25) is 0 Å². The maximum absolute atomic E-state index is 13.5. The summed E-state index contributed by atoms with van der Waals surface area (Å²) in [6.07, 6.45) is -0.300. The van der Waals surface area contributed by atoms with Crippen molar-refractivity contribution in [2.24, 2.45) is 0 Å². The third kappa shape index (κ3) is 3.48. The highest BCUT2D eigenvalue weighted by molar-refractivity contribution is 5.95. The molecule has 4 rings (SSSR count). The number of nitrogens with one attached hydrogen (secondary N) is 2. The second-order valence-corrected chi connectivity index (χ2v) is 7.53. The van der Waals surface area contributed by atoms with Crippen molar-refractivity contribution in [1.29, 1.82) is 0 Å². The van der Waals surface area contributed by atoms with Crippen molar-refractivity contribution in [1.82, 2.24) is 20.0 Å². The number of methoxy groups -OCH3 is 1. The van der Waals surface area contributed by atoms with Gasteiger partial charge in [0.2, 0.25) is 0 Å². The molecular weight excluding hydrogens is 387 g/mol. The molecule has 7 nitrogen and oxygen atoms in total. The minimum atomic E-state index is -4.49. The van der Waals surface area contributed by atoms with Gasteiger partial charge in [0.15, 0.2) is 0 Å². The lowest BCUT2D eigenvalue weighted by Gasteiger charge is -2.36. The van der Waals surface area contributed by atoms with Crippen LogP contribution in [-0.2, 0) is 15.7 Å². The molecule has 2 aliphatic heterocycles. The molecule has 4 heterocycles. The average Bonchev–Trinajstić information content (AvgIpc) is 3.27. The molecule has 0 radical (unpaired) electrons. The van der Waals surface area contributed by atoms with Crippen LogP contribution in [0, 0.1) is 0 Å². The topological polar surface area (TPSA) is 65.7 Å². The first-order valence-corrected chi connectivity index (χ1v) is 9.71. The molecule has 0 saturated carbocycles. The lowest BCUT2D eigenvalue weighted by molar-refractivity contribution is -0.137. The number of halogens is 3. The molecule has 2 saturated heterocycles. The maximum atomic E-state index is 13.5. The molecule has 0 spiro atoms. The Morgan fingerprint density at radius 2 is 2.03 bits per heavy atom. The van der Waals surface area contributed by atoms with E-state index < -0.39 is 11.7 Å². The fourth-order valence-corrected chi connectivity index (χ4v) is 4.67. The minimum absolute atomic E-state index is 0.0424. The van der Waals surface area contributed by atoms with Gasteiger partial charge in [0, 0.05) is 70.7 Å². The van der Waals surface area contributed by atoms with E-state index in [1.807, 2.05) is 7.05 Å². The normalized spacial score (nSPS) is 25.2. The molecule has 2 unspecified atom stereocenters. The summed E-state index contributed by atoms with van der Waals surface area (Å²) in [5.41, 5.74) is 0.478. The molecule has 2 aromatic rings. The second kappa shape index (κ2) is 7.75. The van der Waals surface area contributed by atoms with Crippen molar-refractivity contribution in [2.45, 2.75) is 37.2 Å². The number of ether oxygens (including phenoxy) is 2. The van der Waals surface area contributed by atoms with Gasteiger partial charge in [-0.3, -0.25) is 0 Å². The number of anilines is 1. The van der Waals surface area contributed by atoms with Gasteiger partial charge in [0.25, 0.3) is 0 Å². The zero-order valence-corrected chi connectivity index (χ0v) is 16.7. The van der Waals surface area contributed by atoms with Crippen LogP contribution in [0.25, 0.3) is 11.0 Å². The van der Waals surface area contributed by atoms with E-state index in [0.29, 0.717) is 36.8 Å². The van der Waals surface area contributed by atoms with Gasteiger partial charge in [0.1, 0.15) is 11.9 Å². The molecule has 2 atom stereocenters. The van der Waals surface area contributed by atoms with Gasteiger partial charge in [-0.25, -0.2) is 15.0 Å². The fourth-order valence-electron chi connectivity index (χ4n) is 4.67. The number of likely N-dealkylation sites (N-methyl/N-ethyl adjacent to an activating group) is 1. The monoisotopic (exact) mass is 413 g/mol. The van der Waals surface area contributed by atoms with E-state index in [4.69, 9.17) is 9.47 Å². The molecule has 0 bridgehead atoms. The van der Waals surface area contributed by atoms with Crippen LogP contribution in [0.4, 0.5) is 18.9 Å². The van der Waals surface area contributed by atoms with E-state index in [9.17, 15) is 13.2 Å². The number of rotatable bonds is 4. The lowest BCUT2D eigenvalue weighted by atomic mass is 9.96. The van der Waals surface area contributed by atoms with Crippen molar-refractivity contribution in [3.63, 3.8) is 0 Å². The van der Waals surface area contributed by atoms with Crippen LogP contribution in [0.15, 0.2) is 12.4 Å². The molecule has 0 amide bonds. The highest BCUT2D eigenvalue weighted by Gasteiger charge is 2.44. The number of hydrogen-bond donors (Lipinski definition) is 2. The molecule has 29 heavy (non-hydrogen) atoms. The third-order valence-electron chi connectivity index (χ3n) is 6.04. The van der Waals surface area contributed by atoms with Crippen molar-refractivity contribution >= 4 is 16.7 Å². The van der Waals surface area contributed by atoms with Gasteiger partial charge in [0.05, 0.1) is 11.3 Å². The molecule has 10 heteroatoms. The van der Waals surface area contributed by atoms with Gasteiger partial charge in [-0.1, -0.05) is 0 Å². The molecule has 160 valence electrons. The van der Waals surface area contributed by atoms with Crippen LogP contribution in [0.1, 0.15) is 29.9 Å². The standard InChI is InChI=1S/C19H26F3N5O2/c1-23-16-14(19(20,21)22)9-25-17-15(16)12(8-24-17)13-10-27(26(2)18(13)28-3)11-4-6-29-7-5-11/h8-9,11,13,18H,4-7,10H2,1-3H3,(H2,23,24,25). The summed E-state index contributed by atoms with van der Waals surface area (Å²) in [7, 11) is 5.11. The van der Waals surface area contributed by atoms with E-state index in [2.05, 4.69) is 25.3 Å². The molecule has 0 aliphatic carbocycles. The molecular formula is C19H26F3N5O2. The molecule has 0 aromatic carbocycles. The molecule has 2 aliphatic rings. The summed E-state index contributed by atoms with van der Waals surface area (Å²) in [5, 5.41) is 7.55. The summed E-state index contributed by atoms with van der Waals surface area (Å²) in [6, 6.07) is 0.328. The van der Waals surface area contributed by atoms with E-state index in [1.165, 1.54) is 7.05 Å². The Morgan fingerprint density at radius 3 is 2.66 bits per heavy atom. The Balaban J connectivity index is 1.77. The first kappa shape index (κ1) is 20.4. The molecule has 2 aromatic heterocycles. The Bertz CT molecular complexity index is 865. The highest BCUT2D eigenvalue weighted by Crippen LogP contribution is 2.43. The number of aromatic amines is 1. The van der Waals surface area contributed by atoms with Gasteiger partial charge in [-0.2, -0.15) is 13.2 Å². The van der Waals surface area contributed by atoms with Gasteiger partial charge < -0.3 is 19.8 Å². The van der Waals surface area contributed by atoms with Gasteiger partial charge in [-0.05, 0) is 18.4 Å². The first-order chi connectivity index (χ1) is 13.9. The van der Waals surface area contributed by atoms with E-state index in [0.717, 1.165) is 24.6 Å². The number of pyridine rings is 1. The zero-order valence-electron chi connectivity index (χ0n) is 16.7. The van der Waals surface area contributed by atoms with Crippen LogP contribution >= 0.6 is 0 Å². The third-order valence-corrected chi connectivity index (χ3v) is 6.04. The number of nitrogens with zero attached hydrogens (tertiary/aromatic N) is 3. The van der Waals surface area contributed by atoms with E-state index in [1.54, 1.807) is 13.3 Å². The number of fused-ring (bicyclic) bond motifs is 1. The lowest BCUT2D eigenvalue weighted by Crippen LogP contribution is -2.47. The summed E-state index contributed by atoms with van der Waals surface area (Å²) in [4.78, 5) is 7.07. The quantitative estimate of drug-likeness (QED) is 0.804. The largest absolute Gasteiger partial charge is 0.419 e. The maximum Gasteiger partial charge on any atom is 0.419 e. The number of hydrazine groups is 1. The molecule has 2 N–H and O–H groups in total. The summed E-state index contributed by atoms with van der Waals surface area (Å²) in [6.45, 7) is 2.09. The highest BCUT2D eigenvalue weighted by atomic mass is 19.4. The number of H-pyrrole nitrogens is 1. The van der Waals surface area contributed by atoms with Crippen molar-refractivity contribution in [3.8, 4) is 0 Å². The Hall–Kier alpha value is -1.88. The summed E-state index contributed by atoms with van der Waals surface area (Å²) < 4.78 is 51.9. The predicted molar refractivity (Wildman–Crippen MR) is 102 cm³/mol. The summed E-state index contributed by atoms with van der Waals surface area (Å²) in [5.74, 6) is -0.126. The van der Waals surface area contributed by atoms with Crippen LogP contribution in [0.3, 0.4) is 0 Å². The zero-order chi connectivity index (χ0) is 20.8. The Labute approximate surface area is 167 Å². The predicted octanol–water partition coefficient (Wildman–Crippen LogP) is 3.02. The first-order valence-electron chi connectivity index (χ1n) is 9.71.